The molecule has 5 heteroatoms. The van der Waals surface area contributed by atoms with Crippen molar-refractivity contribution in [3.05, 3.63) is 42.0 Å². The molecule has 0 amide bonds. The second-order valence-corrected chi connectivity index (χ2v) is 4.05. The molecular weight excluding hydrogens is 250 g/mol. The largest absolute Gasteiger partial charge is 0.381 e. The minimum atomic E-state index is 0.344. The molecule has 4 nitrogen and oxygen atoms in total. The fourth-order valence-corrected chi connectivity index (χ4v) is 1.96. The van der Waals surface area contributed by atoms with Crippen LogP contribution in [0.15, 0.2) is 30.3 Å². The molecular formula is C13H16ClN3O. The molecule has 0 aliphatic carbocycles. The van der Waals surface area contributed by atoms with E-state index in [0.29, 0.717) is 19.1 Å². The minimum absolute atomic E-state index is 0.344. The summed E-state index contributed by atoms with van der Waals surface area (Å²) in [5.41, 5.74) is 1.03. The molecule has 1 heterocycles. The Labute approximate surface area is 112 Å². The number of hydrogen-bond donors (Lipinski definition) is 0. The van der Waals surface area contributed by atoms with E-state index in [4.69, 9.17) is 16.3 Å². The molecule has 1 aromatic heterocycles. The van der Waals surface area contributed by atoms with Crippen molar-refractivity contribution >= 4 is 11.6 Å². The number of aromatic nitrogens is 3. The first-order valence-corrected chi connectivity index (χ1v) is 6.52. The SMILES string of the molecule is CCOCCc1nnc(CCl)n1-c1ccccc1. The van der Waals surface area contributed by atoms with Crippen molar-refractivity contribution in [3.8, 4) is 5.69 Å². The first kappa shape index (κ1) is 13.1. The lowest BCUT2D eigenvalue weighted by atomic mass is 10.3. The summed E-state index contributed by atoms with van der Waals surface area (Å²) in [7, 11) is 0. The van der Waals surface area contributed by atoms with Crippen molar-refractivity contribution in [2.75, 3.05) is 13.2 Å². The van der Waals surface area contributed by atoms with Crippen LogP contribution < -0.4 is 0 Å². The third-order valence-electron chi connectivity index (χ3n) is 2.61. The Morgan fingerprint density at radius 3 is 2.56 bits per heavy atom. The Morgan fingerprint density at radius 1 is 1.17 bits per heavy atom. The Hall–Kier alpha value is -1.39. The van der Waals surface area contributed by atoms with E-state index in [1.165, 1.54) is 0 Å². The third kappa shape index (κ3) is 2.89. The summed E-state index contributed by atoms with van der Waals surface area (Å²) in [4.78, 5) is 0. The number of halogens is 1. The zero-order valence-electron chi connectivity index (χ0n) is 10.3. The van der Waals surface area contributed by atoms with Gasteiger partial charge in [0.1, 0.15) is 5.82 Å². The van der Waals surface area contributed by atoms with Crippen molar-refractivity contribution < 1.29 is 4.74 Å². The maximum absolute atomic E-state index is 5.90. The number of benzene rings is 1. The Morgan fingerprint density at radius 2 is 1.89 bits per heavy atom. The number of nitrogens with zero attached hydrogens (tertiary/aromatic N) is 3. The van der Waals surface area contributed by atoms with Gasteiger partial charge in [-0.15, -0.1) is 21.8 Å². The van der Waals surface area contributed by atoms with Gasteiger partial charge in [0, 0.05) is 18.7 Å². The van der Waals surface area contributed by atoms with Crippen molar-refractivity contribution in [3.63, 3.8) is 0 Å². The van der Waals surface area contributed by atoms with E-state index in [2.05, 4.69) is 10.2 Å². The van der Waals surface area contributed by atoms with Gasteiger partial charge < -0.3 is 4.74 Å². The highest BCUT2D eigenvalue weighted by Gasteiger charge is 2.12. The molecule has 0 saturated carbocycles. The average molecular weight is 266 g/mol. The number of para-hydroxylation sites is 1. The van der Waals surface area contributed by atoms with Crippen LogP contribution in [0.1, 0.15) is 18.6 Å². The predicted octanol–water partition coefficient (Wildman–Crippen LogP) is 2.59. The summed E-state index contributed by atoms with van der Waals surface area (Å²) in [6.07, 6.45) is 0.729. The van der Waals surface area contributed by atoms with Gasteiger partial charge in [0.25, 0.3) is 0 Å². The molecule has 0 saturated heterocycles. The summed E-state index contributed by atoms with van der Waals surface area (Å²) >= 11 is 5.90. The summed E-state index contributed by atoms with van der Waals surface area (Å²) in [6.45, 7) is 3.33. The lowest BCUT2D eigenvalue weighted by Gasteiger charge is -2.09. The zero-order chi connectivity index (χ0) is 12.8. The summed E-state index contributed by atoms with van der Waals surface area (Å²) in [5.74, 6) is 1.98. The van der Waals surface area contributed by atoms with Gasteiger partial charge in [-0.1, -0.05) is 18.2 Å². The number of ether oxygens (including phenoxy) is 1. The van der Waals surface area contributed by atoms with Crippen molar-refractivity contribution in [1.82, 2.24) is 14.8 Å². The highest BCUT2D eigenvalue weighted by Crippen LogP contribution is 2.14. The Balaban J connectivity index is 2.28. The van der Waals surface area contributed by atoms with Crippen LogP contribution in [0.4, 0.5) is 0 Å². The highest BCUT2D eigenvalue weighted by atomic mass is 35.5. The van der Waals surface area contributed by atoms with E-state index in [1.54, 1.807) is 0 Å². The molecule has 0 unspecified atom stereocenters. The molecule has 2 aromatic rings. The number of rotatable bonds is 6. The van der Waals surface area contributed by atoms with E-state index in [0.717, 1.165) is 23.8 Å². The van der Waals surface area contributed by atoms with Crippen LogP contribution in [0.2, 0.25) is 0 Å². The smallest absolute Gasteiger partial charge is 0.152 e. The first-order chi connectivity index (χ1) is 8.86. The highest BCUT2D eigenvalue weighted by molar-refractivity contribution is 6.16. The standard InChI is InChI=1S/C13H16ClN3O/c1-2-18-9-8-12-15-16-13(10-14)17(12)11-6-4-3-5-7-11/h3-7H,2,8-10H2,1H3. The maximum atomic E-state index is 5.90. The monoisotopic (exact) mass is 265 g/mol. The molecule has 0 fully saturated rings. The molecule has 0 atom stereocenters. The second kappa shape index (κ2) is 6.52. The van der Waals surface area contributed by atoms with Gasteiger partial charge in [-0.25, -0.2) is 0 Å². The summed E-state index contributed by atoms with van der Waals surface area (Å²) in [6, 6.07) is 9.99. The molecule has 1 aromatic carbocycles. The maximum Gasteiger partial charge on any atom is 0.152 e. The molecule has 0 spiro atoms. The van der Waals surface area contributed by atoms with E-state index in [-0.39, 0.29) is 0 Å². The molecule has 2 rings (SSSR count). The van der Waals surface area contributed by atoms with Crippen LogP contribution in [0.5, 0.6) is 0 Å². The van der Waals surface area contributed by atoms with Gasteiger partial charge in [-0.05, 0) is 19.1 Å². The van der Waals surface area contributed by atoms with Crippen LogP contribution in [0.3, 0.4) is 0 Å². The molecule has 96 valence electrons. The lowest BCUT2D eigenvalue weighted by molar-refractivity contribution is 0.149. The molecule has 0 aliphatic heterocycles. The molecule has 0 radical (unpaired) electrons. The van der Waals surface area contributed by atoms with Crippen LogP contribution in [0, 0.1) is 0 Å². The van der Waals surface area contributed by atoms with Crippen LogP contribution in [-0.2, 0) is 17.0 Å². The van der Waals surface area contributed by atoms with Crippen molar-refractivity contribution in [1.29, 1.82) is 0 Å². The van der Waals surface area contributed by atoms with Gasteiger partial charge in [0.05, 0.1) is 12.5 Å². The summed E-state index contributed by atoms with van der Waals surface area (Å²) in [5, 5.41) is 8.30. The molecule has 18 heavy (non-hydrogen) atoms. The van der Waals surface area contributed by atoms with E-state index in [1.807, 2.05) is 41.8 Å². The fraction of sp³-hybridized carbons (Fsp3) is 0.385. The second-order valence-electron chi connectivity index (χ2n) is 3.78. The Kier molecular flexibility index (Phi) is 4.73. The molecule has 0 N–H and O–H groups in total. The number of hydrogen-bond acceptors (Lipinski definition) is 3. The third-order valence-corrected chi connectivity index (χ3v) is 2.84. The van der Waals surface area contributed by atoms with Gasteiger partial charge >= 0.3 is 0 Å². The van der Waals surface area contributed by atoms with E-state index >= 15 is 0 Å². The van der Waals surface area contributed by atoms with Gasteiger partial charge in [0.2, 0.25) is 0 Å². The van der Waals surface area contributed by atoms with E-state index < -0.39 is 0 Å². The van der Waals surface area contributed by atoms with Crippen LogP contribution >= 0.6 is 11.6 Å². The van der Waals surface area contributed by atoms with Crippen molar-refractivity contribution in [2.24, 2.45) is 0 Å². The van der Waals surface area contributed by atoms with Crippen LogP contribution in [0.25, 0.3) is 5.69 Å². The van der Waals surface area contributed by atoms with Crippen molar-refractivity contribution in [2.45, 2.75) is 19.2 Å². The predicted molar refractivity (Wildman–Crippen MR) is 71.1 cm³/mol. The van der Waals surface area contributed by atoms with E-state index in [9.17, 15) is 0 Å². The quantitative estimate of drug-likeness (QED) is 0.595. The normalized spacial score (nSPS) is 10.8. The lowest BCUT2D eigenvalue weighted by Crippen LogP contribution is -2.07. The molecule has 0 aliphatic rings. The molecule has 0 bridgehead atoms. The van der Waals surface area contributed by atoms with Gasteiger partial charge in [0.15, 0.2) is 5.82 Å². The Bertz CT molecular complexity index is 484. The number of alkyl halides is 1. The van der Waals surface area contributed by atoms with Crippen LogP contribution in [-0.4, -0.2) is 28.0 Å². The minimum Gasteiger partial charge on any atom is -0.381 e. The van der Waals surface area contributed by atoms with Gasteiger partial charge in [-0.3, -0.25) is 4.57 Å². The fourth-order valence-electron chi connectivity index (χ4n) is 1.79. The zero-order valence-corrected chi connectivity index (χ0v) is 11.1. The average Bonchev–Trinajstić information content (AvgIpc) is 2.83. The van der Waals surface area contributed by atoms with Gasteiger partial charge in [-0.2, -0.15) is 0 Å². The topological polar surface area (TPSA) is 39.9 Å². The first-order valence-electron chi connectivity index (χ1n) is 5.99. The summed E-state index contributed by atoms with van der Waals surface area (Å²) < 4.78 is 7.35.